The molecule has 1 saturated carbocycles. The molecule has 0 unspecified atom stereocenters. The highest BCUT2D eigenvalue weighted by Gasteiger charge is 2.35. The number of carbonyl (C=O) groups excluding carboxylic acids is 1. The van der Waals surface area contributed by atoms with Crippen molar-refractivity contribution in [2.75, 3.05) is 18.0 Å². The van der Waals surface area contributed by atoms with Crippen molar-refractivity contribution in [3.63, 3.8) is 0 Å². The lowest BCUT2D eigenvalue weighted by Gasteiger charge is -2.35. The van der Waals surface area contributed by atoms with Gasteiger partial charge in [0.2, 0.25) is 5.91 Å². The van der Waals surface area contributed by atoms with Gasteiger partial charge in [0.1, 0.15) is 5.82 Å². The number of hydrogen-bond donors (Lipinski definition) is 0. The molecule has 1 aliphatic carbocycles. The molecular formula is C19H24N4OS. The second-order valence-corrected chi connectivity index (χ2v) is 8.36. The molecule has 0 radical (unpaired) electrons. The summed E-state index contributed by atoms with van der Waals surface area (Å²) in [5.41, 5.74) is 2.21. The molecule has 0 saturated heterocycles. The van der Waals surface area contributed by atoms with Gasteiger partial charge in [0, 0.05) is 42.7 Å². The average Bonchev–Trinajstić information content (AvgIpc) is 2.89. The number of thiazole rings is 1. The van der Waals surface area contributed by atoms with Crippen molar-refractivity contribution >= 4 is 23.1 Å². The summed E-state index contributed by atoms with van der Waals surface area (Å²) in [6.07, 6.45) is 3.91. The number of pyridine rings is 1. The molecule has 1 amide bonds. The van der Waals surface area contributed by atoms with Crippen LogP contribution in [0.2, 0.25) is 0 Å². The zero-order chi connectivity index (χ0) is 17.4. The highest BCUT2D eigenvalue weighted by Crippen LogP contribution is 2.35. The maximum absolute atomic E-state index is 12.8. The fourth-order valence-corrected chi connectivity index (χ4v) is 4.45. The monoisotopic (exact) mass is 356 g/mol. The van der Waals surface area contributed by atoms with Gasteiger partial charge in [0.15, 0.2) is 0 Å². The summed E-state index contributed by atoms with van der Waals surface area (Å²) >= 11 is 1.68. The summed E-state index contributed by atoms with van der Waals surface area (Å²) in [7, 11) is 0. The van der Waals surface area contributed by atoms with E-state index in [1.165, 1.54) is 0 Å². The Labute approximate surface area is 152 Å². The van der Waals surface area contributed by atoms with E-state index in [-0.39, 0.29) is 5.92 Å². The first-order valence-electron chi connectivity index (χ1n) is 8.99. The summed E-state index contributed by atoms with van der Waals surface area (Å²) in [5.74, 6) is 2.23. The zero-order valence-electron chi connectivity index (χ0n) is 14.8. The van der Waals surface area contributed by atoms with E-state index >= 15 is 0 Å². The first kappa shape index (κ1) is 16.5. The minimum atomic E-state index is 0.225. The van der Waals surface area contributed by atoms with E-state index in [1.54, 1.807) is 11.3 Å². The third-order valence-electron chi connectivity index (χ3n) is 5.22. The molecule has 0 spiro atoms. The summed E-state index contributed by atoms with van der Waals surface area (Å²) in [6.45, 7) is 7.22. The number of fused-ring (bicyclic) bond motifs is 1. The number of carbonyl (C=O) groups is 1. The molecule has 5 nitrogen and oxygen atoms in total. The van der Waals surface area contributed by atoms with Crippen molar-refractivity contribution in [2.24, 2.45) is 11.8 Å². The van der Waals surface area contributed by atoms with Crippen molar-refractivity contribution in [2.45, 2.75) is 39.8 Å². The normalized spacial score (nSPS) is 23.0. The third-order valence-corrected chi connectivity index (χ3v) is 6.04. The van der Waals surface area contributed by atoms with Crippen LogP contribution in [0, 0.1) is 18.8 Å². The lowest BCUT2D eigenvalue weighted by atomic mass is 9.75. The standard InChI is InChI=1S/C19H24N4OS/c1-13-8-16(9-13)19(24)23-7-6-22(11-17-12-25-14(2)21-17)18-15(10-23)4-3-5-20-18/h3-5,12-13,16H,6-11H2,1-2H3. The minimum Gasteiger partial charge on any atom is -0.349 e. The maximum atomic E-state index is 12.8. The van der Waals surface area contributed by atoms with Gasteiger partial charge in [-0.2, -0.15) is 0 Å². The molecule has 0 atom stereocenters. The van der Waals surface area contributed by atoms with E-state index in [0.29, 0.717) is 18.4 Å². The second-order valence-electron chi connectivity index (χ2n) is 7.30. The molecule has 4 rings (SSSR count). The van der Waals surface area contributed by atoms with E-state index in [1.807, 2.05) is 24.1 Å². The predicted octanol–water partition coefficient (Wildman–Crippen LogP) is 3.24. The molecule has 0 N–H and O–H groups in total. The van der Waals surface area contributed by atoms with Crippen LogP contribution in [-0.4, -0.2) is 33.9 Å². The highest BCUT2D eigenvalue weighted by molar-refractivity contribution is 7.09. The summed E-state index contributed by atoms with van der Waals surface area (Å²) < 4.78 is 0. The lowest BCUT2D eigenvalue weighted by molar-refractivity contribution is -0.140. The Kier molecular flexibility index (Phi) is 4.46. The molecule has 0 bridgehead atoms. The first-order chi connectivity index (χ1) is 12.1. The van der Waals surface area contributed by atoms with Crippen molar-refractivity contribution in [3.8, 4) is 0 Å². The Morgan fingerprint density at radius 2 is 2.20 bits per heavy atom. The van der Waals surface area contributed by atoms with Crippen LogP contribution >= 0.6 is 11.3 Å². The smallest absolute Gasteiger partial charge is 0.226 e. The first-order valence-corrected chi connectivity index (χ1v) is 9.86. The summed E-state index contributed by atoms with van der Waals surface area (Å²) in [5, 5.41) is 3.20. The molecule has 2 aliphatic rings. The van der Waals surface area contributed by atoms with Gasteiger partial charge in [-0.05, 0) is 31.7 Å². The topological polar surface area (TPSA) is 49.3 Å². The Morgan fingerprint density at radius 3 is 2.92 bits per heavy atom. The Morgan fingerprint density at radius 1 is 1.36 bits per heavy atom. The number of amides is 1. The van der Waals surface area contributed by atoms with Crippen LogP contribution in [0.15, 0.2) is 23.7 Å². The molecule has 2 aromatic heterocycles. The van der Waals surface area contributed by atoms with Crippen molar-refractivity contribution in [3.05, 3.63) is 40.0 Å². The van der Waals surface area contributed by atoms with Gasteiger partial charge in [-0.1, -0.05) is 13.0 Å². The molecule has 2 aromatic rings. The average molecular weight is 356 g/mol. The van der Waals surface area contributed by atoms with Gasteiger partial charge < -0.3 is 9.80 Å². The molecule has 6 heteroatoms. The Balaban J connectivity index is 1.54. The van der Waals surface area contributed by atoms with Crippen LogP contribution in [0.4, 0.5) is 5.82 Å². The van der Waals surface area contributed by atoms with E-state index in [2.05, 4.69) is 33.2 Å². The van der Waals surface area contributed by atoms with Crippen LogP contribution < -0.4 is 4.90 Å². The second kappa shape index (κ2) is 6.75. The third kappa shape index (κ3) is 3.40. The number of nitrogens with zero attached hydrogens (tertiary/aromatic N) is 4. The van der Waals surface area contributed by atoms with Gasteiger partial charge in [-0.3, -0.25) is 4.79 Å². The number of anilines is 1. The fraction of sp³-hybridized carbons (Fsp3) is 0.526. The van der Waals surface area contributed by atoms with Crippen LogP contribution in [0.1, 0.15) is 36.0 Å². The van der Waals surface area contributed by atoms with Crippen LogP contribution in [0.5, 0.6) is 0 Å². The number of aromatic nitrogens is 2. The summed E-state index contributed by atoms with van der Waals surface area (Å²) in [6, 6.07) is 4.06. The molecule has 0 aromatic carbocycles. The van der Waals surface area contributed by atoms with E-state index in [9.17, 15) is 4.79 Å². The van der Waals surface area contributed by atoms with Gasteiger partial charge in [-0.25, -0.2) is 9.97 Å². The zero-order valence-corrected chi connectivity index (χ0v) is 15.6. The number of rotatable bonds is 3. The molecule has 1 aliphatic heterocycles. The Hall–Kier alpha value is -1.95. The quantitative estimate of drug-likeness (QED) is 0.847. The number of hydrogen-bond acceptors (Lipinski definition) is 5. The van der Waals surface area contributed by atoms with Gasteiger partial charge in [0.25, 0.3) is 0 Å². The highest BCUT2D eigenvalue weighted by atomic mass is 32.1. The predicted molar refractivity (Wildman–Crippen MR) is 99.4 cm³/mol. The molecule has 25 heavy (non-hydrogen) atoms. The molecule has 3 heterocycles. The summed E-state index contributed by atoms with van der Waals surface area (Å²) in [4.78, 5) is 26.3. The Bertz CT molecular complexity index is 768. The van der Waals surface area contributed by atoms with Crippen molar-refractivity contribution < 1.29 is 4.79 Å². The minimum absolute atomic E-state index is 0.225. The van der Waals surface area contributed by atoms with E-state index < -0.39 is 0 Å². The molecule has 132 valence electrons. The maximum Gasteiger partial charge on any atom is 0.226 e. The SMILES string of the molecule is Cc1nc(CN2CCN(C(=O)C3CC(C)C3)Cc3cccnc32)cs1. The molecule has 1 fully saturated rings. The molecular weight excluding hydrogens is 332 g/mol. The van der Waals surface area contributed by atoms with Crippen LogP contribution in [0.3, 0.4) is 0 Å². The van der Waals surface area contributed by atoms with Crippen LogP contribution in [-0.2, 0) is 17.9 Å². The van der Waals surface area contributed by atoms with Gasteiger partial charge >= 0.3 is 0 Å². The largest absolute Gasteiger partial charge is 0.349 e. The fourth-order valence-electron chi connectivity index (χ4n) is 3.85. The van der Waals surface area contributed by atoms with E-state index in [4.69, 9.17) is 0 Å². The number of aryl methyl sites for hydroxylation is 1. The van der Waals surface area contributed by atoms with Gasteiger partial charge in [0.05, 0.1) is 17.2 Å². The van der Waals surface area contributed by atoms with Crippen molar-refractivity contribution in [1.29, 1.82) is 0 Å². The lowest BCUT2D eigenvalue weighted by Crippen LogP contribution is -2.42. The van der Waals surface area contributed by atoms with Crippen LogP contribution in [0.25, 0.3) is 0 Å². The van der Waals surface area contributed by atoms with E-state index in [0.717, 1.165) is 54.6 Å². The van der Waals surface area contributed by atoms with Gasteiger partial charge in [-0.15, -0.1) is 11.3 Å². The van der Waals surface area contributed by atoms with Crippen molar-refractivity contribution in [1.82, 2.24) is 14.9 Å².